The van der Waals surface area contributed by atoms with Crippen LogP contribution in [0.2, 0.25) is 0 Å². The molecule has 1 saturated heterocycles. The van der Waals surface area contributed by atoms with Crippen molar-refractivity contribution in [2.45, 2.75) is 25.3 Å². The van der Waals surface area contributed by atoms with Gasteiger partial charge in [0.05, 0.1) is 12.7 Å². The predicted octanol–water partition coefficient (Wildman–Crippen LogP) is 2.31. The van der Waals surface area contributed by atoms with Gasteiger partial charge in [-0.25, -0.2) is 4.39 Å². The first-order chi connectivity index (χ1) is 12.1. The molecule has 25 heavy (non-hydrogen) atoms. The standard InChI is InChI=1S/C19H27FN2O3/c1-24-9-3-8-22-11-16(13-4-5-13)17(12-22)21-19(23)15-10-14(20)6-7-18(15)25-2/h6-7,10,13,16-17H,3-5,8-9,11-12H2,1-2H3,(H,21,23). The molecule has 2 unspecified atom stereocenters. The average molecular weight is 350 g/mol. The Morgan fingerprint density at radius 2 is 2.12 bits per heavy atom. The lowest BCUT2D eigenvalue weighted by Gasteiger charge is -2.20. The second kappa shape index (κ2) is 8.15. The number of methoxy groups -OCH3 is 2. The highest BCUT2D eigenvalue weighted by Crippen LogP contribution is 2.41. The second-order valence-electron chi connectivity index (χ2n) is 7.03. The maximum absolute atomic E-state index is 13.6. The van der Waals surface area contributed by atoms with Crippen LogP contribution in [0.4, 0.5) is 4.39 Å². The van der Waals surface area contributed by atoms with E-state index in [1.54, 1.807) is 7.11 Å². The number of nitrogens with zero attached hydrogens (tertiary/aromatic N) is 1. The number of carbonyl (C=O) groups excluding carboxylic acids is 1. The molecule has 1 aliphatic heterocycles. The van der Waals surface area contributed by atoms with Gasteiger partial charge in [-0.05, 0) is 49.3 Å². The molecule has 0 radical (unpaired) electrons. The monoisotopic (exact) mass is 350 g/mol. The zero-order valence-corrected chi connectivity index (χ0v) is 15.0. The number of ether oxygens (including phenoxy) is 2. The van der Waals surface area contributed by atoms with Crippen LogP contribution in [-0.2, 0) is 4.74 Å². The molecule has 1 aliphatic carbocycles. The zero-order valence-electron chi connectivity index (χ0n) is 15.0. The minimum atomic E-state index is -0.433. The Hall–Kier alpha value is -1.66. The molecule has 0 aromatic heterocycles. The van der Waals surface area contributed by atoms with Crippen molar-refractivity contribution in [2.24, 2.45) is 11.8 Å². The lowest BCUT2D eigenvalue weighted by Crippen LogP contribution is -2.41. The molecular formula is C19H27FN2O3. The van der Waals surface area contributed by atoms with Crippen LogP contribution in [0.25, 0.3) is 0 Å². The molecule has 5 nitrogen and oxygen atoms in total. The maximum Gasteiger partial charge on any atom is 0.255 e. The number of amides is 1. The van der Waals surface area contributed by atoms with Crippen molar-refractivity contribution in [3.05, 3.63) is 29.6 Å². The summed E-state index contributed by atoms with van der Waals surface area (Å²) in [5.74, 6) is 0.887. The Balaban J connectivity index is 1.65. The third kappa shape index (κ3) is 4.50. The van der Waals surface area contributed by atoms with Crippen molar-refractivity contribution in [2.75, 3.05) is 40.5 Å². The van der Waals surface area contributed by atoms with Crippen molar-refractivity contribution in [3.63, 3.8) is 0 Å². The molecule has 2 atom stereocenters. The molecule has 1 N–H and O–H groups in total. The first-order valence-electron chi connectivity index (χ1n) is 8.98. The number of carbonyl (C=O) groups is 1. The fraction of sp³-hybridized carbons (Fsp3) is 0.632. The Kier molecular flexibility index (Phi) is 5.91. The van der Waals surface area contributed by atoms with E-state index in [0.717, 1.165) is 32.7 Å². The third-order valence-electron chi connectivity index (χ3n) is 5.21. The van der Waals surface area contributed by atoms with Crippen LogP contribution < -0.4 is 10.1 Å². The molecule has 2 aliphatic rings. The van der Waals surface area contributed by atoms with E-state index in [0.29, 0.717) is 17.6 Å². The van der Waals surface area contributed by atoms with Gasteiger partial charge >= 0.3 is 0 Å². The number of hydrogen-bond acceptors (Lipinski definition) is 4. The lowest BCUT2D eigenvalue weighted by molar-refractivity contribution is 0.0924. The van der Waals surface area contributed by atoms with Gasteiger partial charge in [0, 0.05) is 39.4 Å². The molecule has 2 fully saturated rings. The number of likely N-dealkylation sites (tertiary alicyclic amines) is 1. The predicted molar refractivity (Wildman–Crippen MR) is 93.4 cm³/mol. The minimum Gasteiger partial charge on any atom is -0.496 e. The molecule has 1 heterocycles. The van der Waals surface area contributed by atoms with Crippen LogP contribution in [0.15, 0.2) is 18.2 Å². The molecule has 1 amide bonds. The fourth-order valence-electron chi connectivity index (χ4n) is 3.79. The van der Waals surface area contributed by atoms with Crippen molar-refractivity contribution >= 4 is 5.91 Å². The average Bonchev–Trinajstić information content (AvgIpc) is 3.37. The molecule has 1 aromatic carbocycles. The van der Waals surface area contributed by atoms with Crippen LogP contribution in [0.3, 0.4) is 0 Å². The minimum absolute atomic E-state index is 0.107. The molecule has 1 saturated carbocycles. The molecular weight excluding hydrogens is 323 g/mol. The van der Waals surface area contributed by atoms with Crippen LogP contribution in [0.1, 0.15) is 29.6 Å². The summed E-state index contributed by atoms with van der Waals surface area (Å²) >= 11 is 0. The number of hydrogen-bond donors (Lipinski definition) is 1. The van der Waals surface area contributed by atoms with Crippen molar-refractivity contribution in [3.8, 4) is 5.75 Å². The third-order valence-corrected chi connectivity index (χ3v) is 5.21. The first-order valence-corrected chi connectivity index (χ1v) is 8.98. The summed E-state index contributed by atoms with van der Waals surface area (Å²) in [5, 5.41) is 3.13. The van der Waals surface area contributed by atoms with E-state index >= 15 is 0 Å². The summed E-state index contributed by atoms with van der Waals surface area (Å²) in [4.78, 5) is 15.1. The van der Waals surface area contributed by atoms with E-state index in [1.165, 1.54) is 38.2 Å². The summed E-state index contributed by atoms with van der Waals surface area (Å²) in [7, 11) is 3.20. The van der Waals surface area contributed by atoms with Crippen molar-refractivity contribution in [1.29, 1.82) is 0 Å². The molecule has 3 rings (SSSR count). The first kappa shape index (κ1) is 18.1. The van der Waals surface area contributed by atoms with Gasteiger partial charge in [-0.1, -0.05) is 0 Å². The number of benzene rings is 1. The Bertz CT molecular complexity index is 606. The van der Waals surface area contributed by atoms with E-state index in [2.05, 4.69) is 10.2 Å². The summed E-state index contributed by atoms with van der Waals surface area (Å²) < 4.78 is 23.9. The molecule has 0 spiro atoms. The van der Waals surface area contributed by atoms with Crippen molar-refractivity contribution in [1.82, 2.24) is 10.2 Å². The summed E-state index contributed by atoms with van der Waals surface area (Å²) in [6.07, 6.45) is 3.48. The van der Waals surface area contributed by atoms with Gasteiger partial charge < -0.3 is 19.7 Å². The largest absolute Gasteiger partial charge is 0.496 e. The van der Waals surface area contributed by atoms with Crippen LogP contribution in [0, 0.1) is 17.7 Å². The highest BCUT2D eigenvalue weighted by molar-refractivity contribution is 5.97. The SMILES string of the molecule is COCCCN1CC(NC(=O)c2cc(F)ccc2OC)C(C2CC2)C1. The van der Waals surface area contributed by atoms with E-state index in [9.17, 15) is 9.18 Å². The number of rotatable bonds is 8. The molecule has 1 aromatic rings. The lowest BCUT2D eigenvalue weighted by atomic mass is 9.97. The smallest absolute Gasteiger partial charge is 0.255 e. The summed E-state index contributed by atoms with van der Waals surface area (Å²) in [5.41, 5.74) is 0.259. The van der Waals surface area contributed by atoms with Gasteiger partial charge in [-0.3, -0.25) is 4.79 Å². The van der Waals surface area contributed by atoms with Gasteiger partial charge in [-0.2, -0.15) is 0 Å². The van der Waals surface area contributed by atoms with Gasteiger partial charge in [-0.15, -0.1) is 0 Å². The molecule has 138 valence electrons. The Morgan fingerprint density at radius 1 is 1.32 bits per heavy atom. The highest BCUT2D eigenvalue weighted by Gasteiger charge is 2.43. The van der Waals surface area contributed by atoms with E-state index < -0.39 is 5.82 Å². The van der Waals surface area contributed by atoms with Gasteiger partial charge in [0.1, 0.15) is 11.6 Å². The Labute approximate surface area is 148 Å². The maximum atomic E-state index is 13.6. The topological polar surface area (TPSA) is 50.8 Å². The van der Waals surface area contributed by atoms with Gasteiger partial charge in [0.15, 0.2) is 0 Å². The summed E-state index contributed by atoms with van der Waals surface area (Å²) in [6.45, 7) is 3.59. The number of halogens is 1. The Morgan fingerprint density at radius 3 is 2.80 bits per heavy atom. The van der Waals surface area contributed by atoms with E-state index in [1.807, 2.05) is 0 Å². The van der Waals surface area contributed by atoms with Crippen LogP contribution in [-0.4, -0.2) is 57.3 Å². The van der Waals surface area contributed by atoms with Gasteiger partial charge in [0.2, 0.25) is 0 Å². The van der Waals surface area contributed by atoms with Crippen LogP contribution >= 0.6 is 0 Å². The molecule has 6 heteroatoms. The molecule has 0 bridgehead atoms. The quantitative estimate of drug-likeness (QED) is 0.731. The second-order valence-corrected chi connectivity index (χ2v) is 7.03. The van der Waals surface area contributed by atoms with Crippen LogP contribution in [0.5, 0.6) is 5.75 Å². The van der Waals surface area contributed by atoms with Gasteiger partial charge in [0.25, 0.3) is 5.91 Å². The van der Waals surface area contributed by atoms with E-state index in [4.69, 9.17) is 9.47 Å². The summed E-state index contributed by atoms with van der Waals surface area (Å²) in [6, 6.07) is 4.14. The zero-order chi connectivity index (χ0) is 17.8. The van der Waals surface area contributed by atoms with Crippen molar-refractivity contribution < 1.29 is 18.7 Å². The highest BCUT2D eigenvalue weighted by atomic mass is 19.1. The normalized spacial score (nSPS) is 23.6. The number of nitrogens with one attached hydrogen (secondary N) is 1. The fourth-order valence-corrected chi connectivity index (χ4v) is 3.79. The van der Waals surface area contributed by atoms with E-state index in [-0.39, 0.29) is 17.5 Å².